The van der Waals surface area contributed by atoms with Crippen LogP contribution in [0.1, 0.15) is 0 Å². The fourth-order valence-electron chi connectivity index (χ4n) is 11.8. The van der Waals surface area contributed by atoms with Crippen LogP contribution in [-0.2, 0) is 0 Å². The van der Waals surface area contributed by atoms with Crippen LogP contribution in [-0.4, -0.2) is 4.57 Å². The van der Waals surface area contributed by atoms with E-state index in [-0.39, 0.29) is 0 Å². The standard InChI is InChI=1S/C72H46N2S/c1-3-14-47(15-4-1)48-30-36-55(37-31-48)73(54-16-5-2-6-17-54)56-38-32-50(33-39-56)53-35-43-70-68(45-53)67-44-52(49-26-28-51(29-27-49)58-23-13-24-65-64-22-11-12-25-71(64)75-72(58)65)34-42-69(67)74(70)57-40-41-63-61-20-8-7-18-59(61)60-19-9-10-21-62(60)66(63)46-57/h1-46H. The van der Waals surface area contributed by atoms with Crippen LogP contribution < -0.4 is 4.90 Å². The highest BCUT2D eigenvalue weighted by molar-refractivity contribution is 7.26. The molecule has 0 aliphatic carbocycles. The van der Waals surface area contributed by atoms with Gasteiger partial charge >= 0.3 is 0 Å². The SMILES string of the molecule is c1ccc(-c2ccc(N(c3ccccc3)c3ccc(-c4ccc5c(c4)c4cc(-c6ccc(-c7cccc8c7sc7ccccc78)cc6)ccc4n5-c4ccc5c6ccccc6c6ccccc6c5c4)cc3)cc2)cc1. The molecule has 2 nitrogen and oxygen atoms in total. The first-order valence-electron chi connectivity index (χ1n) is 25.7. The highest BCUT2D eigenvalue weighted by Gasteiger charge is 2.19. The maximum atomic E-state index is 2.47. The van der Waals surface area contributed by atoms with Crippen LogP contribution in [0.2, 0.25) is 0 Å². The Balaban J connectivity index is 0.857. The van der Waals surface area contributed by atoms with E-state index >= 15 is 0 Å². The summed E-state index contributed by atoms with van der Waals surface area (Å²) in [5.74, 6) is 0. The molecule has 0 spiro atoms. The maximum Gasteiger partial charge on any atom is 0.0541 e. The zero-order valence-electron chi connectivity index (χ0n) is 40.9. The number of anilines is 3. The van der Waals surface area contributed by atoms with E-state index in [0.29, 0.717) is 0 Å². The third-order valence-corrected chi connectivity index (χ3v) is 16.6. The van der Waals surface area contributed by atoms with Crippen molar-refractivity contribution in [3.63, 3.8) is 0 Å². The lowest BCUT2D eigenvalue weighted by molar-refractivity contribution is 1.19. The molecule has 0 bridgehead atoms. The van der Waals surface area contributed by atoms with Crippen molar-refractivity contribution in [1.82, 2.24) is 4.57 Å². The normalized spacial score (nSPS) is 11.7. The summed E-state index contributed by atoms with van der Waals surface area (Å²) in [6.45, 7) is 0. The van der Waals surface area contributed by atoms with E-state index in [1.807, 2.05) is 11.3 Å². The summed E-state index contributed by atoms with van der Waals surface area (Å²) in [4.78, 5) is 2.34. The quantitative estimate of drug-likeness (QED) is 0.138. The second-order valence-electron chi connectivity index (χ2n) is 19.6. The first kappa shape index (κ1) is 43.1. The Morgan fingerprint density at radius 1 is 0.253 bits per heavy atom. The number of rotatable bonds is 8. The third kappa shape index (κ3) is 7.23. The van der Waals surface area contributed by atoms with Crippen molar-refractivity contribution in [1.29, 1.82) is 0 Å². The molecule has 15 aromatic rings. The summed E-state index contributed by atoms with van der Waals surface area (Å²) < 4.78 is 5.13. The average Bonchev–Trinajstić information content (AvgIpc) is 4.07. The number of hydrogen-bond donors (Lipinski definition) is 0. The lowest BCUT2D eigenvalue weighted by Gasteiger charge is -2.26. The van der Waals surface area contributed by atoms with Gasteiger partial charge in [-0.1, -0.05) is 200 Å². The van der Waals surface area contributed by atoms with Gasteiger partial charge in [0.1, 0.15) is 0 Å². The molecule has 0 amide bonds. The number of benzene rings is 13. The lowest BCUT2D eigenvalue weighted by Crippen LogP contribution is -2.09. The Kier molecular flexibility index (Phi) is 10.1. The number of fused-ring (bicyclic) bond motifs is 12. The molecule has 0 unspecified atom stereocenters. The van der Waals surface area contributed by atoms with Crippen LogP contribution in [0.5, 0.6) is 0 Å². The first-order valence-corrected chi connectivity index (χ1v) is 26.5. The summed E-state index contributed by atoms with van der Waals surface area (Å²) >= 11 is 1.88. The summed E-state index contributed by atoms with van der Waals surface area (Å²) in [5.41, 5.74) is 16.5. The van der Waals surface area contributed by atoms with Gasteiger partial charge in [-0.2, -0.15) is 0 Å². The lowest BCUT2D eigenvalue weighted by atomic mass is 9.94. The third-order valence-electron chi connectivity index (χ3n) is 15.4. The van der Waals surface area contributed by atoms with Gasteiger partial charge in [0, 0.05) is 53.7 Å². The van der Waals surface area contributed by atoms with Crippen molar-refractivity contribution in [2.45, 2.75) is 0 Å². The molecule has 0 aliphatic heterocycles. The zero-order valence-corrected chi connectivity index (χ0v) is 41.7. The number of nitrogens with zero attached hydrogens (tertiary/aromatic N) is 2. The van der Waals surface area contributed by atoms with Gasteiger partial charge in [-0.3, -0.25) is 0 Å². The van der Waals surface area contributed by atoms with Crippen molar-refractivity contribution in [2.24, 2.45) is 0 Å². The van der Waals surface area contributed by atoms with Gasteiger partial charge in [0.2, 0.25) is 0 Å². The van der Waals surface area contributed by atoms with E-state index in [9.17, 15) is 0 Å². The largest absolute Gasteiger partial charge is 0.311 e. The van der Waals surface area contributed by atoms with E-state index < -0.39 is 0 Å². The molecular formula is C72H46N2S. The van der Waals surface area contributed by atoms with Crippen LogP contribution in [0.15, 0.2) is 279 Å². The van der Waals surface area contributed by atoms with Crippen LogP contribution >= 0.6 is 11.3 Å². The van der Waals surface area contributed by atoms with E-state index in [2.05, 4.69) is 289 Å². The Labute approximate surface area is 438 Å². The van der Waals surface area contributed by atoms with Crippen LogP contribution in [0.3, 0.4) is 0 Å². The molecule has 0 aliphatic rings. The topological polar surface area (TPSA) is 8.17 Å². The number of para-hydroxylation sites is 1. The predicted octanol–water partition coefficient (Wildman–Crippen LogP) is 20.7. The molecule has 0 N–H and O–H groups in total. The van der Waals surface area contributed by atoms with E-state index in [4.69, 9.17) is 0 Å². The summed E-state index contributed by atoms with van der Waals surface area (Å²) in [7, 11) is 0. The fraction of sp³-hybridized carbons (Fsp3) is 0. The second-order valence-corrected chi connectivity index (χ2v) is 20.7. The summed E-state index contributed by atoms with van der Waals surface area (Å²) in [5, 5.41) is 12.7. The van der Waals surface area contributed by atoms with E-state index in [1.54, 1.807) is 0 Å². The highest BCUT2D eigenvalue weighted by Crippen LogP contribution is 2.44. The van der Waals surface area contributed by atoms with Gasteiger partial charge in [0.15, 0.2) is 0 Å². The minimum Gasteiger partial charge on any atom is -0.311 e. The highest BCUT2D eigenvalue weighted by atomic mass is 32.1. The van der Waals surface area contributed by atoms with Crippen molar-refractivity contribution in [3.8, 4) is 50.2 Å². The summed E-state index contributed by atoms with van der Waals surface area (Å²) in [6.07, 6.45) is 0. The average molecular weight is 971 g/mol. The molecule has 0 atom stereocenters. The van der Waals surface area contributed by atoms with Gasteiger partial charge in [-0.25, -0.2) is 0 Å². The van der Waals surface area contributed by atoms with Crippen LogP contribution in [0, 0.1) is 0 Å². The molecular weight excluding hydrogens is 925 g/mol. The van der Waals surface area contributed by atoms with Gasteiger partial charge < -0.3 is 9.47 Å². The Bertz CT molecular complexity index is 4630. The minimum atomic E-state index is 1.10. The van der Waals surface area contributed by atoms with Gasteiger partial charge in [0.05, 0.1) is 11.0 Å². The molecule has 0 fully saturated rings. The minimum absolute atomic E-state index is 1.10. The van der Waals surface area contributed by atoms with Gasteiger partial charge in [-0.05, 0) is 156 Å². The molecule has 13 aromatic carbocycles. The molecule has 75 heavy (non-hydrogen) atoms. The van der Waals surface area contributed by atoms with Gasteiger partial charge in [-0.15, -0.1) is 11.3 Å². The first-order chi connectivity index (χ1) is 37.2. The van der Waals surface area contributed by atoms with Crippen LogP contribution in [0.25, 0.3) is 124 Å². The van der Waals surface area contributed by atoms with Gasteiger partial charge in [0.25, 0.3) is 0 Å². The van der Waals surface area contributed by atoms with E-state index in [0.717, 1.165) is 22.7 Å². The van der Waals surface area contributed by atoms with Crippen molar-refractivity contribution in [2.75, 3.05) is 4.90 Å². The smallest absolute Gasteiger partial charge is 0.0541 e. The fourth-order valence-corrected chi connectivity index (χ4v) is 13.0. The zero-order chi connectivity index (χ0) is 49.4. The second kappa shape index (κ2) is 17.6. The molecule has 2 heterocycles. The maximum absolute atomic E-state index is 2.47. The van der Waals surface area contributed by atoms with Crippen molar-refractivity contribution in [3.05, 3.63) is 279 Å². The Morgan fingerprint density at radius 3 is 1.28 bits per heavy atom. The number of aromatic nitrogens is 1. The Hall–Kier alpha value is -9.54. The molecule has 2 aromatic heterocycles. The van der Waals surface area contributed by atoms with E-state index in [1.165, 1.54) is 119 Å². The van der Waals surface area contributed by atoms with Crippen molar-refractivity contribution < 1.29 is 0 Å². The molecule has 0 saturated heterocycles. The Morgan fingerprint density at radius 2 is 0.680 bits per heavy atom. The molecule has 15 rings (SSSR count). The molecule has 3 heteroatoms. The predicted molar refractivity (Wildman–Crippen MR) is 323 cm³/mol. The molecule has 0 saturated carbocycles. The van der Waals surface area contributed by atoms with Crippen LogP contribution in [0.4, 0.5) is 17.1 Å². The summed E-state index contributed by atoms with van der Waals surface area (Å²) in [6, 6.07) is 103. The van der Waals surface area contributed by atoms with Crippen molar-refractivity contribution >= 4 is 103 Å². The monoisotopic (exact) mass is 970 g/mol. The number of hydrogen-bond acceptors (Lipinski definition) is 2. The number of thiophene rings is 1. The molecule has 350 valence electrons. The molecule has 0 radical (unpaired) electrons.